The zero-order valence-corrected chi connectivity index (χ0v) is 15.0. The maximum atomic E-state index is 13.9. The number of aromatic nitrogens is 2. The van der Waals surface area contributed by atoms with E-state index in [1.165, 1.54) is 12.3 Å². The summed E-state index contributed by atoms with van der Waals surface area (Å²) < 4.78 is 19.5. The molecule has 0 spiro atoms. The number of likely N-dealkylation sites (tertiary alicyclic amines) is 1. The van der Waals surface area contributed by atoms with Gasteiger partial charge in [-0.1, -0.05) is 12.1 Å². The van der Waals surface area contributed by atoms with Crippen molar-refractivity contribution < 1.29 is 13.9 Å². The average Bonchev–Trinajstić information content (AvgIpc) is 2.63. The van der Waals surface area contributed by atoms with E-state index in [1.54, 1.807) is 43.1 Å². The van der Waals surface area contributed by atoms with Crippen molar-refractivity contribution in [1.82, 2.24) is 14.9 Å². The largest absolute Gasteiger partial charge is 0.434 e. The Hall–Kier alpha value is -2.54. The highest BCUT2D eigenvalue weighted by atomic mass is 19.1. The zero-order valence-electron chi connectivity index (χ0n) is 15.0. The first kappa shape index (κ1) is 18.3. The molecule has 1 aliphatic rings. The van der Waals surface area contributed by atoms with Gasteiger partial charge >= 0.3 is 0 Å². The smallest absolute Gasteiger partial charge is 0.242 e. The van der Waals surface area contributed by atoms with E-state index in [1.807, 2.05) is 0 Å². The Morgan fingerprint density at radius 3 is 2.54 bits per heavy atom. The van der Waals surface area contributed by atoms with Crippen LogP contribution in [-0.4, -0.2) is 39.4 Å². The van der Waals surface area contributed by atoms with Crippen molar-refractivity contribution >= 4 is 5.91 Å². The van der Waals surface area contributed by atoms with E-state index >= 15 is 0 Å². The number of carbonyl (C=O) groups excluding carboxylic acids is 1. The van der Waals surface area contributed by atoms with Gasteiger partial charge in [-0.25, -0.2) is 9.37 Å². The van der Waals surface area contributed by atoms with Gasteiger partial charge in [0, 0.05) is 31.4 Å². The van der Waals surface area contributed by atoms with E-state index in [2.05, 4.69) is 9.97 Å². The summed E-state index contributed by atoms with van der Waals surface area (Å²) >= 11 is 0. The number of nitrogens with zero attached hydrogens (tertiary/aromatic N) is 3. The van der Waals surface area contributed by atoms with Crippen LogP contribution in [0.1, 0.15) is 38.3 Å². The van der Waals surface area contributed by atoms with Crippen LogP contribution in [0, 0.1) is 5.82 Å². The second-order valence-electron chi connectivity index (χ2n) is 7.07. The van der Waals surface area contributed by atoms with Crippen molar-refractivity contribution in [2.75, 3.05) is 13.1 Å². The summed E-state index contributed by atoms with van der Waals surface area (Å²) in [6, 6.07) is 6.20. The number of benzene rings is 1. The summed E-state index contributed by atoms with van der Waals surface area (Å²) in [4.78, 5) is 22.7. The number of rotatable bonds is 4. The summed E-state index contributed by atoms with van der Waals surface area (Å²) in [6.07, 6.45) is 4.58. The molecule has 0 atom stereocenters. The van der Waals surface area contributed by atoms with Crippen LogP contribution in [0.5, 0.6) is 11.6 Å². The normalized spacial score (nSPS) is 15.8. The van der Waals surface area contributed by atoms with E-state index in [0.717, 1.165) is 12.8 Å². The molecule has 1 amide bonds. The second-order valence-corrected chi connectivity index (χ2v) is 7.07. The first-order valence-corrected chi connectivity index (χ1v) is 8.68. The molecule has 1 aromatic heterocycles. The molecule has 2 heterocycles. The monoisotopic (exact) mass is 358 g/mol. The fraction of sp³-hybridized carbons (Fsp3) is 0.421. The molecule has 0 unspecified atom stereocenters. The number of piperidine rings is 1. The quantitative estimate of drug-likeness (QED) is 0.909. The molecule has 138 valence electrons. The van der Waals surface area contributed by atoms with Gasteiger partial charge in [0.25, 0.3) is 0 Å². The van der Waals surface area contributed by atoms with Crippen molar-refractivity contribution in [3.8, 4) is 11.6 Å². The molecular formula is C19H23FN4O2. The van der Waals surface area contributed by atoms with Crippen LogP contribution in [0.15, 0.2) is 36.7 Å². The fourth-order valence-corrected chi connectivity index (χ4v) is 3.09. The van der Waals surface area contributed by atoms with Crippen molar-refractivity contribution in [3.05, 3.63) is 48.2 Å². The first-order chi connectivity index (χ1) is 12.4. The lowest BCUT2D eigenvalue weighted by Gasteiger charge is -2.35. The van der Waals surface area contributed by atoms with Crippen LogP contribution in [0.3, 0.4) is 0 Å². The van der Waals surface area contributed by atoms with E-state index in [0.29, 0.717) is 24.7 Å². The Morgan fingerprint density at radius 1 is 1.23 bits per heavy atom. The van der Waals surface area contributed by atoms with Gasteiger partial charge in [0.2, 0.25) is 11.8 Å². The Bertz CT molecular complexity index is 783. The summed E-state index contributed by atoms with van der Waals surface area (Å²) in [7, 11) is 0. The second kappa shape index (κ2) is 7.37. The van der Waals surface area contributed by atoms with Crippen molar-refractivity contribution in [2.45, 2.75) is 38.1 Å². The summed E-state index contributed by atoms with van der Waals surface area (Å²) in [5.74, 6) is 0.0105. The molecule has 2 N–H and O–H groups in total. The Kier molecular flexibility index (Phi) is 5.18. The standard InChI is InChI=1S/C19H23FN4O2/c1-19(2,21)18(25)24-11-7-13(8-12-24)16-17(23-10-9-22-16)26-15-6-4-3-5-14(15)20/h3-6,9-10,13H,7-8,11-12,21H2,1-2H3. The number of amides is 1. The lowest BCUT2D eigenvalue weighted by Crippen LogP contribution is -2.53. The third-order valence-corrected chi connectivity index (χ3v) is 4.45. The van der Waals surface area contributed by atoms with Crippen LogP contribution < -0.4 is 10.5 Å². The molecule has 1 saturated heterocycles. The summed E-state index contributed by atoms with van der Waals surface area (Å²) in [5.41, 5.74) is 5.72. The molecule has 0 saturated carbocycles. The number of hydrogen-bond acceptors (Lipinski definition) is 5. The molecule has 3 rings (SSSR count). The van der Waals surface area contributed by atoms with Gasteiger partial charge < -0.3 is 15.4 Å². The Labute approximate surface area is 152 Å². The lowest BCUT2D eigenvalue weighted by atomic mass is 9.92. The minimum Gasteiger partial charge on any atom is -0.434 e. The van der Waals surface area contributed by atoms with Crippen LogP contribution in [0.2, 0.25) is 0 Å². The van der Waals surface area contributed by atoms with Crippen LogP contribution >= 0.6 is 0 Å². The number of ether oxygens (including phenoxy) is 1. The van der Waals surface area contributed by atoms with Crippen LogP contribution in [-0.2, 0) is 4.79 Å². The minimum absolute atomic E-state index is 0.0575. The predicted octanol–water partition coefficient (Wildman–Crippen LogP) is 2.85. The zero-order chi connectivity index (χ0) is 18.7. The third-order valence-electron chi connectivity index (χ3n) is 4.45. The lowest BCUT2D eigenvalue weighted by molar-refractivity contribution is -0.136. The molecule has 1 aromatic carbocycles. The molecule has 1 aliphatic heterocycles. The van der Waals surface area contributed by atoms with E-state index in [9.17, 15) is 9.18 Å². The van der Waals surface area contributed by atoms with Gasteiger partial charge in [-0.05, 0) is 38.8 Å². The number of halogens is 1. The minimum atomic E-state index is -0.876. The van der Waals surface area contributed by atoms with Crippen molar-refractivity contribution in [3.63, 3.8) is 0 Å². The predicted molar refractivity (Wildman–Crippen MR) is 95.3 cm³/mol. The fourth-order valence-electron chi connectivity index (χ4n) is 3.09. The third kappa shape index (κ3) is 3.99. The molecule has 6 nitrogen and oxygen atoms in total. The molecule has 0 radical (unpaired) electrons. The van der Waals surface area contributed by atoms with Gasteiger partial charge in [0.05, 0.1) is 5.54 Å². The van der Waals surface area contributed by atoms with Gasteiger partial charge in [-0.15, -0.1) is 0 Å². The van der Waals surface area contributed by atoms with E-state index in [-0.39, 0.29) is 17.6 Å². The number of carbonyl (C=O) groups is 1. The molecule has 0 aliphatic carbocycles. The van der Waals surface area contributed by atoms with E-state index in [4.69, 9.17) is 10.5 Å². The highest BCUT2D eigenvalue weighted by Crippen LogP contribution is 2.34. The number of para-hydroxylation sites is 1. The average molecular weight is 358 g/mol. The maximum absolute atomic E-state index is 13.9. The van der Waals surface area contributed by atoms with Crippen LogP contribution in [0.4, 0.5) is 4.39 Å². The van der Waals surface area contributed by atoms with Gasteiger partial charge in [-0.2, -0.15) is 0 Å². The van der Waals surface area contributed by atoms with Gasteiger partial charge in [0.1, 0.15) is 5.69 Å². The molecular weight excluding hydrogens is 335 g/mol. The number of nitrogens with two attached hydrogens (primary N) is 1. The first-order valence-electron chi connectivity index (χ1n) is 8.68. The van der Waals surface area contributed by atoms with Crippen molar-refractivity contribution in [1.29, 1.82) is 0 Å². The van der Waals surface area contributed by atoms with E-state index < -0.39 is 11.4 Å². The Balaban J connectivity index is 1.73. The SMILES string of the molecule is CC(C)(N)C(=O)N1CCC(c2nccnc2Oc2ccccc2F)CC1. The van der Waals surface area contributed by atoms with Gasteiger partial charge in [-0.3, -0.25) is 9.78 Å². The molecule has 26 heavy (non-hydrogen) atoms. The summed E-state index contributed by atoms with van der Waals surface area (Å²) in [6.45, 7) is 4.62. The topological polar surface area (TPSA) is 81.3 Å². The number of hydrogen-bond donors (Lipinski definition) is 1. The molecule has 7 heteroatoms. The summed E-state index contributed by atoms with van der Waals surface area (Å²) in [5, 5.41) is 0. The van der Waals surface area contributed by atoms with Crippen molar-refractivity contribution in [2.24, 2.45) is 5.73 Å². The molecule has 0 bridgehead atoms. The van der Waals surface area contributed by atoms with Crippen LogP contribution in [0.25, 0.3) is 0 Å². The molecule has 2 aromatic rings. The maximum Gasteiger partial charge on any atom is 0.242 e. The van der Waals surface area contributed by atoms with Gasteiger partial charge in [0.15, 0.2) is 11.6 Å². The Morgan fingerprint density at radius 2 is 1.88 bits per heavy atom. The highest BCUT2D eigenvalue weighted by Gasteiger charge is 2.32. The highest BCUT2D eigenvalue weighted by molar-refractivity contribution is 5.85. The molecule has 1 fully saturated rings.